The van der Waals surface area contributed by atoms with Gasteiger partial charge < -0.3 is 11.1 Å². The second-order valence-electron chi connectivity index (χ2n) is 4.04. The molecule has 9 heteroatoms. The number of hydrogen-bond acceptors (Lipinski definition) is 6. The van der Waals surface area contributed by atoms with E-state index in [1.165, 1.54) is 23.5 Å². The van der Waals surface area contributed by atoms with E-state index in [9.17, 15) is 14.9 Å². The fraction of sp³-hybridized carbons (Fsp3) is 0.167. The second-order valence-corrected chi connectivity index (χ2v) is 5.84. The number of nitrogens with two attached hydrogens (primary N) is 1. The van der Waals surface area contributed by atoms with E-state index < -0.39 is 10.8 Å². The molecule has 0 spiro atoms. The van der Waals surface area contributed by atoms with Gasteiger partial charge in [0.15, 0.2) is 0 Å². The SMILES string of the molecule is NCCc1nc(C(=O)Nc2ccc(Br)c([N+](=O)[O-])c2)cs1. The number of carbonyl (C=O) groups is 1. The number of nitrogens with one attached hydrogen (secondary N) is 1. The summed E-state index contributed by atoms with van der Waals surface area (Å²) in [5.74, 6) is -0.411. The van der Waals surface area contributed by atoms with E-state index >= 15 is 0 Å². The number of amides is 1. The third kappa shape index (κ3) is 3.84. The van der Waals surface area contributed by atoms with Gasteiger partial charge >= 0.3 is 0 Å². The molecule has 3 N–H and O–H groups in total. The molecule has 1 aromatic carbocycles. The Kier molecular flexibility index (Phi) is 4.99. The van der Waals surface area contributed by atoms with Crippen LogP contribution in [-0.2, 0) is 6.42 Å². The highest BCUT2D eigenvalue weighted by molar-refractivity contribution is 9.10. The lowest BCUT2D eigenvalue weighted by molar-refractivity contribution is -0.385. The number of aromatic nitrogens is 1. The Morgan fingerprint density at radius 1 is 1.52 bits per heavy atom. The van der Waals surface area contributed by atoms with E-state index in [2.05, 4.69) is 26.2 Å². The van der Waals surface area contributed by atoms with Crippen LogP contribution < -0.4 is 11.1 Å². The molecular formula is C12H11BrN4O3S. The van der Waals surface area contributed by atoms with Gasteiger partial charge in [0.2, 0.25) is 0 Å². The molecule has 0 aliphatic rings. The first kappa shape index (κ1) is 15.5. The van der Waals surface area contributed by atoms with Gasteiger partial charge in [0.1, 0.15) is 5.69 Å². The average Bonchev–Trinajstić information content (AvgIpc) is 2.90. The predicted molar refractivity (Wildman–Crippen MR) is 83.6 cm³/mol. The van der Waals surface area contributed by atoms with Crippen molar-refractivity contribution in [3.05, 3.63) is 48.9 Å². The van der Waals surface area contributed by atoms with Gasteiger partial charge in [0.05, 0.1) is 14.4 Å². The molecule has 0 unspecified atom stereocenters. The highest BCUT2D eigenvalue weighted by Crippen LogP contribution is 2.28. The molecule has 1 aromatic heterocycles. The van der Waals surface area contributed by atoms with Crippen LogP contribution in [0.25, 0.3) is 0 Å². The zero-order valence-corrected chi connectivity index (χ0v) is 13.1. The van der Waals surface area contributed by atoms with Crippen LogP contribution in [0, 0.1) is 10.1 Å². The standard InChI is InChI=1S/C12H11BrN4O3S/c13-8-2-1-7(5-10(8)17(19)20)15-12(18)9-6-21-11(16-9)3-4-14/h1-2,5-6H,3-4,14H2,(H,15,18). The minimum Gasteiger partial charge on any atom is -0.330 e. The Bertz CT molecular complexity index is 689. The summed E-state index contributed by atoms with van der Waals surface area (Å²) >= 11 is 4.44. The topological polar surface area (TPSA) is 111 Å². The molecule has 1 amide bonds. The zero-order valence-electron chi connectivity index (χ0n) is 10.7. The molecule has 0 bridgehead atoms. The molecule has 0 aliphatic heterocycles. The Morgan fingerprint density at radius 2 is 2.29 bits per heavy atom. The molecule has 2 aromatic rings. The number of nitro groups is 1. The first-order chi connectivity index (χ1) is 10.0. The number of hydrogen-bond donors (Lipinski definition) is 2. The summed E-state index contributed by atoms with van der Waals surface area (Å²) < 4.78 is 0.351. The maximum atomic E-state index is 12.0. The molecule has 0 fully saturated rings. The van der Waals surface area contributed by atoms with Crippen LogP contribution >= 0.6 is 27.3 Å². The lowest BCUT2D eigenvalue weighted by atomic mass is 10.2. The van der Waals surface area contributed by atoms with Gasteiger partial charge in [-0.05, 0) is 34.6 Å². The van der Waals surface area contributed by atoms with Crippen molar-refractivity contribution in [2.45, 2.75) is 6.42 Å². The van der Waals surface area contributed by atoms with Crippen molar-refractivity contribution >= 4 is 44.5 Å². The average molecular weight is 371 g/mol. The van der Waals surface area contributed by atoms with Crippen LogP contribution in [0.2, 0.25) is 0 Å². The first-order valence-electron chi connectivity index (χ1n) is 5.91. The van der Waals surface area contributed by atoms with Crippen molar-refractivity contribution in [2.75, 3.05) is 11.9 Å². The summed E-state index contributed by atoms with van der Waals surface area (Å²) in [5, 5.41) is 15.8. The summed E-state index contributed by atoms with van der Waals surface area (Å²) in [6, 6.07) is 4.37. The lowest BCUT2D eigenvalue weighted by Crippen LogP contribution is -2.13. The van der Waals surface area contributed by atoms with Gasteiger partial charge in [-0.25, -0.2) is 4.98 Å². The molecule has 21 heavy (non-hydrogen) atoms. The van der Waals surface area contributed by atoms with Gasteiger partial charge in [-0.2, -0.15) is 0 Å². The molecule has 0 saturated carbocycles. The largest absolute Gasteiger partial charge is 0.330 e. The first-order valence-corrected chi connectivity index (χ1v) is 7.58. The van der Waals surface area contributed by atoms with Crippen molar-refractivity contribution in [1.82, 2.24) is 4.98 Å². The van der Waals surface area contributed by atoms with Crippen molar-refractivity contribution in [1.29, 1.82) is 0 Å². The number of carbonyl (C=O) groups excluding carboxylic acids is 1. The highest BCUT2D eigenvalue weighted by atomic mass is 79.9. The quantitative estimate of drug-likeness (QED) is 0.620. The van der Waals surface area contributed by atoms with Crippen LogP contribution in [-0.4, -0.2) is 22.4 Å². The molecule has 110 valence electrons. The monoisotopic (exact) mass is 370 g/mol. The third-order valence-electron chi connectivity index (χ3n) is 2.54. The number of benzene rings is 1. The lowest BCUT2D eigenvalue weighted by Gasteiger charge is -2.04. The summed E-state index contributed by atoms with van der Waals surface area (Å²) in [6.07, 6.45) is 0.613. The maximum Gasteiger partial charge on any atom is 0.285 e. The molecule has 0 atom stereocenters. The summed E-state index contributed by atoms with van der Waals surface area (Å²) in [4.78, 5) is 26.5. The number of nitrogens with zero attached hydrogens (tertiary/aromatic N) is 2. The van der Waals surface area contributed by atoms with E-state index in [4.69, 9.17) is 5.73 Å². The van der Waals surface area contributed by atoms with Gasteiger partial charge in [-0.1, -0.05) is 0 Å². The number of rotatable bonds is 5. The van der Waals surface area contributed by atoms with Crippen molar-refractivity contribution in [2.24, 2.45) is 5.73 Å². The molecule has 0 aliphatic carbocycles. The fourth-order valence-corrected chi connectivity index (χ4v) is 2.76. The molecule has 1 heterocycles. The Hall–Kier alpha value is -1.84. The number of anilines is 1. The second kappa shape index (κ2) is 6.74. The van der Waals surface area contributed by atoms with Crippen molar-refractivity contribution < 1.29 is 9.72 Å². The molecular weight excluding hydrogens is 360 g/mol. The predicted octanol–water partition coefficient (Wildman–Crippen LogP) is 2.57. The van der Waals surface area contributed by atoms with Crippen LogP contribution in [0.4, 0.5) is 11.4 Å². The maximum absolute atomic E-state index is 12.0. The Balaban J connectivity index is 2.15. The van der Waals surface area contributed by atoms with Crippen molar-refractivity contribution in [3.8, 4) is 0 Å². The van der Waals surface area contributed by atoms with E-state index in [0.717, 1.165) is 5.01 Å². The van der Waals surface area contributed by atoms with Gasteiger partial charge in [0.25, 0.3) is 11.6 Å². The van der Waals surface area contributed by atoms with Crippen LogP contribution in [0.5, 0.6) is 0 Å². The van der Waals surface area contributed by atoms with E-state index in [0.29, 0.717) is 23.1 Å². The summed E-state index contributed by atoms with van der Waals surface area (Å²) in [7, 11) is 0. The number of nitro benzene ring substituents is 1. The normalized spacial score (nSPS) is 10.4. The minimum atomic E-state index is -0.526. The molecule has 2 rings (SSSR count). The third-order valence-corrected chi connectivity index (χ3v) is 4.12. The van der Waals surface area contributed by atoms with Crippen molar-refractivity contribution in [3.63, 3.8) is 0 Å². The molecule has 7 nitrogen and oxygen atoms in total. The van der Waals surface area contributed by atoms with Gasteiger partial charge in [0, 0.05) is 23.6 Å². The fourth-order valence-electron chi connectivity index (χ4n) is 1.58. The Morgan fingerprint density at radius 3 is 2.95 bits per heavy atom. The number of halogens is 1. The highest BCUT2D eigenvalue weighted by Gasteiger charge is 2.15. The number of thiazole rings is 1. The van der Waals surface area contributed by atoms with Crippen LogP contribution in [0.3, 0.4) is 0 Å². The molecule has 0 saturated heterocycles. The zero-order chi connectivity index (χ0) is 15.4. The van der Waals surface area contributed by atoms with E-state index in [1.807, 2.05) is 0 Å². The smallest absolute Gasteiger partial charge is 0.285 e. The molecule has 0 radical (unpaired) electrons. The Labute approximate surface area is 132 Å². The summed E-state index contributed by atoms with van der Waals surface area (Å²) in [5.41, 5.74) is 5.92. The minimum absolute atomic E-state index is 0.116. The van der Waals surface area contributed by atoms with E-state index in [1.54, 1.807) is 11.4 Å². The van der Waals surface area contributed by atoms with Gasteiger partial charge in [-0.15, -0.1) is 11.3 Å². The van der Waals surface area contributed by atoms with Crippen LogP contribution in [0.1, 0.15) is 15.5 Å². The summed E-state index contributed by atoms with van der Waals surface area (Å²) in [6.45, 7) is 0.466. The van der Waals surface area contributed by atoms with E-state index in [-0.39, 0.29) is 11.4 Å². The van der Waals surface area contributed by atoms with Gasteiger partial charge in [-0.3, -0.25) is 14.9 Å². The van der Waals surface area contributed by atoms with Crippen LogP contribution in [0.15, 0.2) is 28.1 Å².